The van der Waals surface area contributed by atoms with Crippen LogP contribution in [0.4, 0.5) is 0 Å². The summed E-state index contributed by atoms with van der Waals surface area (Å²) in [5, 5.41) is 9.38. The molecule has 0 radical (unpaired) electrons. The molecule has 1 N–H and O–H groups in total. The average molecular weight is 182 g/mol. The van der Waals surface area contributed by atoms with Crippen LogP contribution < -0.4 is 0 Å². The fraction of sp³-hybridized carbons (Fsp3) is 0.333. The molecule has 0 saturated carbocycles. The number of epoxide rings is 1. The van der Waals surface area contributed by atoms with Crippen LogP contribution in [0.25, 0.3) is 0 Å². The maximum Gasteiger partial charge on any atom is 0.129 e. The van der Waals surface area contributed by atoms with Crippen molar-refractivity contribution in [3.63, 3.8) is 0 Å². The molecule has 1 aliphatic rings. The van der Waals surface area contributed by atoms with Gasteiger partial charge >= 0.3 is 0 Å². The van der Waals surface area contributed by atoms with E-state index in [1.165, 1.54) is 0 Å². The van der Waals surface area contributed by atoms with E-state index in [-0.39, 0.29) is 0 Å². The summed E-state index contributed by atoms with van der Waals surface area (Å²) in [5.74, 6) is 1.31. The van der Waals surface area contributed by atoms with Gasteiger partial charge in [0, 0.05) is 10.6 Å². The summed E-state index contributed by atoms with van der Waals surface area (Å²) in [4.78, 5) is 0.938. The SMILES string of the molecule is Oc1ccccc1SCC1CO1. The third-order valence-corrected chi connectivity index (χ3v) is 2.89. The number of hydrogen-bond donors (Lipinski definition) is 1. The Morgan fingerprint density at radius 1 is 1.50 bits per heavy atom. The Morgan fingerprint density at radius 3 is 2.92 bits per heavy atom. The standard InChI is InChI=1S/C9H10O2S/c10-8-3-1-2-4-9(8)12-6-7-5-11-7/h1-4,7,10H,5-6H2. The zero-order chi connectivity index (χ0) is 8.39. The van der Waals surface area contributed by atoms with E-state index in [9.17, 15) is 5.11 Å². The minimum Gasteiger partial charge on any atom is -0.507 e. The number of aromatic hydroxyl groups is 1. The third kappa shape index (κ3) is 1.93. The van der Waals surface area contributed by atoms with Crippen LogP contribution in [0, 0.1) is 0 Å². The minimum absolute atomic E-state index is 0.364. The Bertz CT molecular complexity index is 271. The quantitative estimate of drug-likeness (QED) is 0.572. The van der Waals surface area contributed by atoms with Gasteiger partial charge in [-0.05, 0) is 12.1 Å². The number of thioether (sulfide) groups is 1. The lowest BCUT2D eigenvalue weighted by Gasteiger charge is -2.00. The molecule has 1 atom stereocenters. The van der Waals surface area contributed by atoms with Crippen molar-refractivity contribution in [2.24, 2.45) is 0 Å². The Labute approximate surface area is 75.6 Å². The molecule has 0 amide bonds. The zero-order valence-electron chi connectivity index (χ0n) is 6.56. The van der Waals surface area contributed by atoms with Crippen LogP contribution in [0.3, 0.4) is 0 Å². The van der Waals surface area contributed by atoms with E-state index in [4.69, 9.17) is 4.74 Å². The second-order valence-electron chi connectivity index (χ2n) is 2.73. The zero-order valence-corrected chi connectivity index (χ0v) is 7.38. The predicted octanol–water partition coefficient (Wildman–Crippen LogP) is 1.88. The van der Waals surface area contributed by atoms with Crippen LogP contribution >= 0.6 is 11.8 Å². The molecule has 1 aromatic rings. The van der Waals surface area contributed by atoms with E-state index in [1.807, 2.05) is 18.2 Å². The van der Waals surface area contributed by atoms with Crippen LogP contribution in [-0.4, -0.2) is 23.6 Å². The molecule has 3 heteroatoms. The van der Waals surface area contributed by atoms with Gasteiger partial charge in [0.25, 0.3) is 0 Å². The molecule has 1 saturated heterocycles. The number of ether oxygens (including phenoxy) is 1. The first-order chi connectivity index (χ1) is 5.86. The Kier molecular flexibility index (Phi) is 2.23. The summed E-state index contributed by atoms with van der Waals surface area (Å²) in [6.07, 6.45) is 0.412. The first-order valence-electron chi connectivity index (χ1n) is 3.88. The maximum atomic E-state index is 9.38. The molecule has 1 heterocycles. The summed E-state index contributed by atoms with van der Waals surface area (Å²) in [5.41, 5.74) is 0. The molecule has 64 valence electrons. The van der Waals surface area contributed by atoms with Gasteiger partial charge in [-0.25, -0.2) is 0 Å². The monoisotopic (exact) mass is 182 g/mol. The molecule has 1 unspecified atom stereocenters. The Hall–Kier alpha value is -0.670. The smallest absolute Gasteiger partial charge is 0.129 e. The van der Waals surface area contributed by atoms with Crippen LogP contribution in [0.5, 0.6) is 5.75 Å². The summed E-state index contributed by atoms with van der Waals surface area (Å²) in [6.45, 7) is 0.876. The van der Waals surface area contributed by atoms with Crippen molar-refractivity contribution in [1.82, 2.24) is 0 Å². The predicted molar refractivity (Wildman–Crippen MR) is 48.6 cm³/mol. The Morgan fingerprint density at radius 2 is 2.25 bits per heavy atom. The second-order valence-corrected chi connectivity index (χ2v) is 3.80. The highest BCUT2D eigenvalue weighted by molar-refractivity contribution is 7.99. The number of hydrogen-bond acceptors (Lipinski definition) is 3. The third-order valence-electron chi connectivity index (χ3n) is 1.69. The topological polar surface area (TPSA) is 32.8 Å². The van der Waals surface area contributed by atoms with Crippen LogP contribution in [0.15, 0.2) is 29.2 Å². The van der Waals surface area contributed by atoms with Crippen molar-refractivity contribution in [3.8, 4) is 5.75 Å². The van der Waals surface area contributed by atoms with E-state index in [1.54, 1.807) is 17.8 Å². The molecule has 2 rings (SSSR count). The molecule has 0 spiro atoms. The number of phenolic OH excluding ortho intramolecular Hbond substituents is 1. The fourth-order valence-electron chi connectivity index (χ4n) is 0.926. The van der Waals surface area contributed by atoms with Crippen LogP contribution in [0.1, 0.15) is 0 Å². The Balaban J connectivity index is 1.96. The van der Waals surface area contributed by atoms with Gasteiger partial charge in [-0.3, -0.25) is 0 Å². The van der Waals surface area contributed by atoms with Gasteiger partial charge in [0.2, 0.25) is 0 Å². The van der Waals surface area contributed by atoms with Gasteiger partial charge in [0.15, 0.2) is 0 Å². The summed E-state index contributed by atoms with van der Waals surface area (Å²) in [7, 11) is 0. The molecule has 0 bridgehead atoms. The van der Waals surface area contributed by atoms with Crippen molar-refractivity contribution < 1.29 is 9.84 Å². The number of rotatable bonds is 3. The maximum absolute atomic E-state index is 9.38. The number of para-hydroxylation sites is 1. The summed E-state index contributed by atoms with van der Waals surface area (Å²) < 4.78 is 5.07. The molecular weight excluding hydrogens is 172 g/mol. The van der Waals surface area contributed by atoms with Gasteiger partial charge < -0.3 is 9.84 Å². The molecular formula is C9H10O2S. The molecule has 2 nitrogen and oxygen atoms in total. The van der Waals surface area contributed by atoms with E-state index in [0.29, 0.717) is 11.9 Å². The van der Waals surface area contributed by atoms with E-state index in [0.717, 1.165) is 17.3 Å². The lowest BCUT2D eigenvalue weighted by Crippen LogP contribution is -1.88. The fourth-order valence-corrected chi connectivity index (χ4v) is 1.87. The van der Waals surface area contributed by atoms with Crippen LogP contribution in [-0.2, 0) is 4.74 Å². The minimum atomic E-state index is 0.364. The number of benzene rings is 1. The molecule has 0 aliphatic carbocycles. The highest BCUT2D eigenvalue weighted by Crippen LogP contribution is 2.30. The second kappa shape index (κ2) is 3.37. The first-order valence-corrected chi connectivity index (χ1v) is 4.87. The number of phenols is 1. The highest BCUT2D eigenvalue weighted by Gasteiger charge is 2.22. The van der Waals surface area contributed by atoms with E-state index >= 15 is 0 Å². The van der Waals surface area contributed by atoms with E-state index < -0.39 is 0 Å². The van der Waals surface area contributed by atoms with Gasteiger partial charge in [-0.15, -0.1) is 11.8 Å². The highest BCUT2D eigenvalue weighted by atomic mass is 32.2. The van der Waals surface area contributed by atoms with Gasteiger partial charge in [0.05, 0.1) is 12.7 Å². The first kappa shape index (κ1) is 7.95. The molecule has 1 fully saturated rings. The van der Waals surface area contributed by atoms with Crippen molar-refractivity contribution in [2.45, 2.75) is 11.0 Å². The van der Waals surface area contributed by atoms with Crippen molar-refractivity contribution >= 4 is 11.8 Å². The summed E-state index contributed by atoms with van der Waals surface area (Å²) in [6, 6.07) is 7.38. The normalized spacial score (nSPS) is 20.8. The van der Waals surface area contributed by atoms with Crippen molar-refractivity contribution in [2.75, 3.05) is 12.4 Å². The van der Waals surface area contributed by atoms with Crippen LogP contribution in [0.2, 0.25) is 0 Å². The van der Waals surface area contributed by atoms with E-state index in [2.05, 4.69) is 0 Å². The average Bonchev–Trinajstić information content (AvgIpc) is 2.86. The molecule has 1 aliphatic heterocycles. The molecule has 0 aromatic heterocycles. The van der Waals surface area contributed by atoms with Gasteiger partial charge in [-0.1, -0.05) is 12.1 Å². The lowest BCUT2D eigenvalue weighted by molar-refractivity contribution is 0.426. The molecule has 12 heavy (non-hydrogen) atoms. The van der Waals surface area contributed by atoms with Crippen molar-refractivity contribution in [3.05, 3.63) is 24.3 Å². The van der Waals surface area contributed by atoms with Gasteiger partial charge in [0.1, 0.15) is 5.75 Å². The lowest BCUT2D eigenvalue weighted by atomic mass is 10.3. The van der Waals surface area contributed by atoms with Gasteiger partial charge in [-0.2, -0.15) is 0 Å². The largest absolute Gasteiger partial charge is 0.507 e. The molecule has 1 aromatic carbocycles. The van der Waals surface area contributed by atoms with Crippen molar-refractivity contribution in [1.29, 1.82) is 0 Å². The summed E-state index contributed by atoms with van der Waals surface area (Å²) >= 11 is 1.64.